The van der Waals surface area contributed by atoms with Gasteiger partial charge in [0, 0.05) is 60.7 Å². The zero-order chi connectivity index (χ0) is 29.9. The molecule has 0 aromatic carbocycles. The fourth-order valence-electron chi connectivity index (χ4n) is 4.40. The van der Waals surface area contributed by atoms with Crippen LogP contribution >= 0.6 is 22.7 Å². The standard InChI is InChI=1S/C14H22N2OS.C8H16N2O.C7H10O3S2/c1-2-14(17)15-12-5-8-16(9-6-12)10-7-13-4-3-11-18-13;1-2-8(11)10-7-3-5-9-6-4-7;1-12(8,9)10-5-4-7-3-2-6-11-7/h3-4,11-12H,2,5-10H2,1H3,(H,15,17);7,9H,2-6H2,1H3,(H,10,11);2-3,6H,4-5H2,1H3. The van der Waals surface area contributed by atoms with E-state index >= 15 is 0 Å². The molecule has 2 aliphatic rings. The summed E-state index contributed by atoms with van der Waals surface area (Å²) >= 11 is 3.44. The molecule has 2 aromatic rings. The summed E-state index contributed by atoms with van der Waals surface area (Å²) in [5.41, 5.74) is 0. The number of rotatable bonds is 11. The van der Waals surface area contributed by atoms with Crippen LogP contribution in [0.1, 0.15) is 62.1 Å². The molecule has 0 unspecified atom stereocenters. The Kier molecular flexibility index (Phi) is 17.4. The number of nitrogens with one attached hydrogen (secondary N) is 3. The highest BCUT2D eigenvalue weighted by Crippen LogP contribution is 2.14. The lowest BCUT2D eigenvalue weighted by atomic mass is 10.0. The minimum atomic E-state index is -3.27. The Hall–Kier alpha value is -1.83. The molecule has 0 radical (unpaired) electrons. The maximum atomic E-state index is 11.3. The average Bonchev–Trinajstić information content (AvgIpc) is 3.68. The molecule has 2 amide bonds. The smallest absolute Gasteiger partial charge is 0.264 e. The van der Waals surface area contributed by atoms with Crippen LogP contribution in [0, 0.1) is 0 Å². The third kappa shape index (κ3) is 17.0. The zero-order valence-corrected chi connectivity index (χ0v) is 27.2. The van der Waals surface area contributed by atoms with E-state index in [4.69, 9.17) is 0 Å². The maximum absolute atomic E-state index is 11.3. The summed E-state index contributed by atoms with van der Waals surface area (Å²) in [5, 5.41) is 13.4. The number of hydrogen-bond acceptors (Lipinski definition) is 9. The average molecular weight is 629 g/mol. The first-order valence-electron chi connectivity index (χ1n) is 14.6. The summed E-state index contributed by atoms with van der Waals surface area (Å²) in [6.07, 6.45) is 8.40. The lowest BCUT2D eigenvalue weighted by molar-refractivity contribution is -0.122. The minimum Gasteiger partial charge on any atom is -0.353 e. The van der Waals surface area contributed by atoms with Crippen LogP contribution in [0.4, 0.5) is 0 Å². The molecule has 0 saturated carbocycles. The predicted octanol–water partition coefficient (Wildman–Crippen LogP) is 3.81. The molecule has 12 heteroatoms. The summed E-state index contributed by atoms with van der Waals surface area (Å²) in [4.78, 5) is 27.4. The van der Waals surface area contributed by atoms with Crippen LogP contribution in [0.3, 0.4) is 0 Å². The quantitative estimate of drug-likeness (QED) is 0.324. The highest BCUT2D eigenvalue weighted by Gasteiger charge is 2.20. The van der Waals surface area contributed by atoms with Gasteiger partial charge in [0.1, 0.15) is 0 Å². The summed E-state index contributed by atoms with van der Waals surface area (Å²) in [7, 11) is -3.27. The van der Waals surface area contributed by atoms with Gasteiger partial charge in [0.05, 0.1) is 12.9 Å². The maximum Gasteiger partial charge on any atom is 0.264 e. The van der Waals surface area contributed by atoms with Gasteiger partial charge in [0.25, 0.3) is 10.1 Å². The molecule has 2 aliphatic heterocycles. The van der Waals surface area contributed by atoms with Crippen LogP contribution < -0.4 is 16.0 Å². The molecule has 4 heterocycles. The second kappa shape index (κ2) is 20.1. The van der Waals surface area contributed by atoms with Gasteiger partial charge in [0.15, 0.2) is 0 Å². The Bertz CT molecular complexity index is 1060. The van der Waals surface area contributed by atoms with Crippen LogP contribution in [-0.4, -0.2) is 82.8 Å². The van der Waals surface area contributed by atoms with Gasteiger partial charge in [-0.25, -0.2) is 0 Å². The van der Waals surface area contributed by atoms with Crippen molar-refractivity contribution in [3.05, 3.63) is 44.8 Å². The number of carbonyl (C=O) groups excluding carboxylic acids is 2. The largest absolute Gasteiger partial charge is 0.353 e. The Morgan fingerprint density at radius 3 is 1.88 bits per heavy atom. The second-order valence-electron chi connectivity index (χ2n) is 10.2. The van der Waals surface area contributed by atoms with Crippen molar-refractivity contribution >= 4 is 44.6 Å². The molecular formula is C29H48N4O5S3. The Morgan fingerprint density at radius 1 is 0.902 bits per heavy atom. The van der Waals surface area contributed by atoms with E-state index in [1.165, 1.54) is 4.88 Å². The number of thiophene rings is 2. The molecule has 0 aliphatic carbocycles. The van der Waals surface area contributed by atoms with Gasteiger partial charge in [-0.3, -0.25) is 13.8 Å². The van der Waals surface area contributed by atoms with E-state index in [-0.39, 0.29) is 18.4 Å². The summed E-state index contributed by atoms with van der Waals surface area (Å²) in [6, 6.07) is 9.03. The first-order chi connectivity index (χ1) is 19.7. The van der Waals surface area contributed by atoms with Crippen molar-refractivity contribution < 1.29 is 22.2 Å². The van der Waals surface area contributed by atoms with Crippen molar-refractivity contribution in [2.45, 2.75) is 77.3 Å². The second-order valence-corrected chi connectivity index (χ2v) is 13.9. The van der Waals surface area contributed by atoms with E-state index in [0.717, 1.165) is 76.0 Å². The first-order valence-corrected chi connectivity index (χ1v) is 18.2. The van der Waals surface area contributed by atoms with Gasteiger partial charge >= 0.3 is 0 Å². The third-order valence-corrected chi connectivity index (χ3v) is 9.25. The van der Waals surface area contributed by atoms with Gasteiger partial charge in [-0.15, -0.1) is 22.7 Å². The summed E-state index contributed by atoms with van der Waals surface area (Å²) in [6.45, 7) is 9.47. The molecule has 0 spiro atoms. The lowest BCUT2D eigenvalue weighted by Crippen LogP contribution is -2.44. The zero-order valence-electron chi connectivity index (χ0n) is 24.7. The van der Waals surface area contributed by atoms with Gasteiger partial charge in [-0.2, -0.15) is 8.42 Å². The number of piperidine rings is 2. The predicted molar refractivity (Wildman–Crippen MR) is 169 cm³/mol. The number of amides is 2. The molecule has 0 atom stereocenters. The van der Waals surface area contributed by atoms with Crippen LogP contribution in [0.25, 0.3) is 0 Å². The van der Waals surface area contributed by atoms with Gasteiger partial charge in [-0.05, 0) is 68.1 Å². The Balaban J connectivity index is 0.000000225. The van der Waals surface area contributed by atoms with E-state index < -0.39 is 10.1 Å². The van der Waals surface area contributed by atoms with Crippen LogP contribution in [-0.2, 0) is 36.7 Å². The fourth-order valence-corrected chi connectivity index (χ4v) is 6.17. The topological polar surface area (TPSA) is 117 Å². The van der Waals surface area contributed by atoms with Crippen molar-refractivity contribution in [3.8, 4) is 0 Å². The molecule has 4 rings (SSSR count). The van der Waals surface area contributed by atoms with Crippen molar-refractivity contribution in [3.63, 3.8) is 0 Å². The van der Waals surface area contributed by atoms with E-state index in [0.29, 0.717) is 31.3 Å². The van der Waals surface area contributed by atoms with Crippen LogP contribution in [0.15, 0.2) is 35.0 Å². The van der Waals surface area contributed by atoms with Gasteiger partial charge < -0.3 is 20.9 Å². The molecule has 2 saturated heterocycles. The highest BCUT2D eigenvalue weighted by molar-refractivity contribution is 7.85. The molecule has 0 bridgehead atoms. The molecule has 232 valence electrons. The Morgan fingerprint density at radius 2 is 1.41 bits per heavy atom. The molecule has 9 nitrogen and oxygen atoms in total. The van der Waals surface area contributed by atoms with Crippen molar-refractivity contribution in [1.29, 1.82) is 0 Å². The van der Waals surface area contributed by atoms with Crippen molar-refractivity contribution in [2.24, 2.45) is 0 Å². The normalized spacial score (nSPS) is 16.6. The van der Waals surface area contributed by atoms with E-state index in [9.17, 15) is 18.0 Å². The van der Waals surface area contributed by atoms with E-state index in [1.54, 1.807) is 11.3 Å². The van der Waals surface area contributed by atoms with Crippen molar-refractivity contribution in [1.82, 2.24) is 20.9 Å². The molecule has 2 aromatic heterocycles. The number of carbonyl (C=O) groups is 2. The fraction of sp³-hybridized carbons (Fsp3) is 0.655. The Labute approximate surface area is 254 Å². The molecule has 2 fully saturated rings. The monoisotopic (exact) mass is 628 g/mol. The molecule has 41 heavy (non-hydrogen) atoms. The van der Waals surface area contributed by atoms with E-state index in [1.807, 2.05) is 42.7 Å². The molecule has 3 N–H and O–H groups in total. The van der Waals surface area contributed by atoms with Crippen molar-refractivity contribution in [2.75, 3.05) is 45.6 Å². The summed E-state index contributed by atoms with van der Waals surface area (Å²) < 4.78 is 25.7. The third-order valence-electron chi connectivity index (χ3n) is 6.78. The van der Waals surface area contributed by atoms with Gasteiger partial charge in [-0.1, -0.05) is 26.0 Å². The highest BCUT2D eigenvalue weighted by atomic mass is 32.2. The lowest BCUT2D eigenvalue weighted by Gasteiger charge is -2.32. The number of hydrogen-bond donors (Lipinski definition) is 3. The minimum absolute atomic E-state index is 0.178. The van der Waals surface area contributed by atoms with Crippen LogP contribution in [0.5, 0.6) is 0 Å². The molecular weight excluding hydrogens is 581 g/mol. The number of nitrogens with zero attached hydrogens (tertiary/aromatic N) is 1. The van der Waals surface area contributed by atoms with Crippen LogP contribution in [0.2, 0.25) is 0 Å². The summed E-state index contributed by atoms with van der Waals surface area (Å²) in [5.74, 6) is 0.365. The van der Waals surface area contributed by atoms with E-state index in [2.05, 4.69) is 42.5 Å². The first kappa shape index (κ1) is 35.4. The van der Waals surface area contributed by atoms with Gasteiger partial charge in [0.2, 0.25) is 11.8 Å². The number of likely N-dealkylation sites (tertiary alicyclic amines) is 1. The SMILES string of the molecule is CCC(=O)NC1CCN(CCc2cccs2)CC1.CCC(=O)NC1CCNCC1.CS(=O)(=O)OCCc1cccs1.